The molecule has 0 aliphatic carbocycles. The fourth-order valence-corrected chi connectivity index (χ4v) is 3.70. The monoisotopic (exact) mass is 384 g/mol. The van der Waals surface area contributed by atoms with Gasteiger partial charge < -0.3 is 10.2 Å². The van der Waals surface area contributed by atoms with Crippen LogP contribution in [0, 0.1) is 23.2 Å². The first-order chi connectivity index (χ1) is 13.3. The first-order valence-corrected chi connectivity index (χ1v) is 9.23. The Morgan fingerprint density at radius 3 is 2.11 bits per heavy atom. The second-order valence-corrected chi connectivity index (χ2v) is 6.84. The van der Waals surface area contributed by atoms with E-state index in [-0.39, 0.29) is 5.92 Å². The molecule has 0 amide bonds. The molecule has 0 aliphatic rings. The maximum atomic E-state index is 11.6. The SMILES string of the molecule is C=CCC(CC=C)(NC(C(=O)O)C(=O)O)C(Cc1ccccc1)C(C#N)CC. The van der Waals surface area contributed by atoms with E-state index in [2.05, 4.69) is 24.5 Å². The lowest BCUT2D eigenvalue weighted by atomic mass is 9.68. The third-order valence-electron chi connectivity index (χ3n) is 5.04. The molecule has 150 valence electrons. The molecule has 3 N–H and O–H groups in total. The number of carboxylic acid groups (broad SMARTS) is 2. The van der Waals surface area contributed by atoms with Crippen LogP contribution in [-0.2, 0) is 16.0 Å². The first-order valence-electron chi connectivity index (χ1n) is 9.23. The van der Waals surface area contributed by atoms with Gasteiger partial charge >= 0.3 is 11.9 Å². The summed E-state index contributed by atoms with van der Waals surface area (Å²) in [4.78, 5) is 23.1. The molecular weight excluding hydrogens is 356 g/mol. The number of carboxylic acids is 2. The maximum Gasteiger partial charge on any atom is 0.332 e. The minimum atomic E-state index is -1.80. The van der Waals surface area contributed by atoms with Crippen molar-refractivity contribution in [2.75, 3.05) is 0 Å². The zero-order valence-corrected chi connectivity index (χ0v) is 16.2. The minimum absolute atomic E-state index is 0.297. The molecule has 0 radical (unpaired) electrons. The summed E-state index contributed by atoms with van der Waals surface area (Å²) in [6, 6.07) is 10.1. The molecule has 1 rings (SSSR count). The average Bonchev–Trinajstić information content (AvgIpc) is 2.66. The van der Waals surface area contributed by atoms with E-state index in [1.807, 2.05) is 37.3 Å². The predicted octanol–water partition coefficient (Wildman–Crippen LogP) is 3.41. The van der Waals surface area contributed by atoms with Crippen LogP contribution in [0.1, 0.15) is 31.7 Å². The number of nitrogens with one attached hydrogen (secondary N) is 1. The summed E-state index contributed by atoms with van der Waals surface area (Å²) in [5.41, 5.74) is -0.000283. The molecule has 1 aromatic rings. The highest BCUT2D eigenvalue weighted by molar-refractivity contribution is 5.97. The van der Waals surface area contributed by atoms with Crippen molar-refractivity contribution in [3.8, 4) is 6.07 Å². The molecule has 0 aromatic heterocycles. The number of carbonyl (C=O) groups is 2. The largest absolute Gasteiger partial charge is 0.480 e. The highest BCUT2D eigenvalue weighted by Crippen LogP contribution is 2.37. The number of hydrogen-bond acceptors (Lipinski definition) is 4. The Kier molecular flexibility index (Phi) is 9.13. The molecule has 0 saturated heterocycles. The summed E-state index contributed by atoms with van der Waals surface area (Å²) >= 11 is 0. The molecule has 2 unspecified atom stereocenters. The molecule has 0 fully saturated rings. The predicted molar refractivity (Wildman–Crippen MR) is 108 cm³/mol. The third kappa shape index (κ3) is 5.80. The highest BCUT2D eigenvalue weighted by Gasteiger charge is 2.45. The summed E-state index contributed by atoms with van der Waals surface area (Å²) in [5.74, 6) is -3.71. The number of nitriles is 1. The number of rotatable bonds is 13. The molecule has 28 heavy (non-hydrogen) atoms. The quantitative estimate of drug-likeness (QED) is 0.355. The van der Waals surface area contributed by atoms with Gasteiger partial charge in [0.2, 0.25) is 6.04 Å². The highest BCUT2D eigenvalue weighted by atomic mass is 16.4. The Morgan fingerprint density at radius 1 is 1.18 bits per heavy atom. The van der Waals surface area contributed by atoms with Gasteiger partial charge in [0.15, 0.2) is 0 Å². The van der Waals surface area contributed by atoms with E-state index < -0.39 is 29.4 Å². The lowest BCUT2D eigenvalue weighted by Crippen LogP contribution is -2.61. The zero-order chi connectivity index (χ0) is 21.2. The van der Waals surface area contributed by atoms with Gasteiger partial charge in [0.05, 0.1) is 12.0 Å². The van der Waals surface area contributed by atoms with Gasteiger partial charge in [-0.2, -0.15) is 5.26 Å². The van der Waals surface area contributed by atoms with Crippen molar-refractivity contribution in [3.63, 3.8) is 0 Å². The molecule has 0 saturated carbocycles. The van der Waals surface area contributed by atoms with Crippen LogP contribution in [0.25, 0.3) is 0 Å². The van der Waals surface area contributed by atoms with Crippen molar-refractivity contribution >= 4 is 11.9 Å². The van der Waals surface area contributed by atoms with E-state index in [9.17, 15) is 25.1 Å². The van der Waals surface area contributed by atoms with Crippen molar-refractivity contribution in [1.82, 2.24) is 5.32 Å². The Labute approximate surface area is 166 Å². The smallest absolute Gasteiger partial charge is 0.332 e. The summed E-state index contributed by atoms with van der Waals surface area (Å²) < 4.78 is 0. The van der Waals surface area contributed by atoms with Crippen LogP contribution in [0.4, 0.5) is 0 Å². The zero-order valence-electron chi connectivity index (χ0n) is 16.2. The van der Waals surface area contributed by atoms with Crippen molar-refractivity contribution in [2.45, 2.75) is 44.2 Å². The van der Waals surface area contributed by atoms with E-state index in [0.29, 0.717) is 25.7 Å². The summed E-state index contributed by atoms with van der Waals surface area (Å²) in [5, 5.41) is 31.4. The molecule has 0 heterocycles. The molecular formula is C22H28N2O4. The van der Waals surface area contributed by atoms with E-state index in [4.69, 9.17) is 0 Å². The second-order valence-electron chi connectivity index (χ2n) is 6.84. The van der Waals surface area contributed by atoms with Gasteiger partial charge in [-0.1, -0.05) is 49.4 Å². The Balaban J connectivity index is 3.52. The first kappa shape index (κ1) is 23.1. The van der Waals surface area contributed by atoms with E-state index in [0.717, 1.165) is 5.56 Å². The fourth-order valence-electron chi connectivity index (χ4n) is 3.70. The van der Waals surface area contributed by atoms with Crippen LogP contribution in [0.15, 0.2) is 55.6 Å². The van der Waals surface area contributed by atoms with E-state index in [1.165, 1.54) is 0 Å². The number of nitrogens with zero attached hydrogens (tertiary/aromatic N) is 1. The molecule has 2 atom stereocenters. The second kappa shape index (κ2) is 11.1. The molecule has 6 heteroatoms. The molecule has 0 bridgehead atoms. The van der Waals surface area contributed by atoms with Crippen LogP contribution in [0.2, 0.25) is 0 Å². The Morgan fingerprint density at radius 2 is 1.71 bits per heavy atom. The normalized spacial score (nSPS) is 13.3. The lowest BCUT2D eigenvalue weighted by molar-refractivity contribution is -0.152. The van der Waals surface area contributed by atoms with Gasteiger partial charge in [-0.15, -0.1) is 13.2 Å². The minimum Gasteiger partial charge on any atom is -0.480 e. The molecule has 6 nitrogen and oxygen atoms in total. The summed E-state index contributed by atoms with van der Waals surface area (Å²) in [6.07, 6.45) is 4.89. The standard InChI is InChI=1S/C22H28N2O4/c1-4-12-22(13-5-2,24-19(20(25)26)21(27)28)18(17(6-3)15-23)14-16-10-8-7-9-11-16/h4-5,7-11,17-19,24H,1-2,6,12-14H2,3H3,(H,25,26)(H,27,28). The summed E-state index contributed by atoms with van der Waals surface area (Å²) in [7, 11) is 0. The van der Waals surface area contributed by atoms with Crippen LogP contribution >= 0.6 is 0 Å². The Bertz CT molecular complexity index is 700. The van der Waals surface area contributed by atoms with Crippen molar-refractivity contribution in [2.24, 2.45) is 11.8 Å². The molecule has 1 aromatic carbocycles. The fraction of sp³-hybridized carbons (Fsp3) is 0.409. The van der Waals surface area contributed by atoms with Crippen molar-refractivity contribution in [1.29, 1.82) is 5.26 Å². The van der Waals surface area contributed by atoms with Crippen molar-refractivity contribution in [3.05, 3.63) is 61.2 Å². The van der Waals surface area contributed by atoms with E-state index >= 15 is 0 Å². The number of hydrogen-bond donors (Lipinski definition) is 3. The van der Waals surface area contributed by atoms with Gasteiger partial charge in [0.25, 0.3) is 0 Å². The van der Waals surface area contributed by atoms with Gasteiger partial charge in [0, 0.05) is 5.54 Å². The topological polar surface area (TPSA) is 110 Å². The van der Waals surface area contributed by atoms with Crippen LogP contribution in [0.3, 0.4) is 0 Å². The molecule has 0 spiro atoms. The van der Waals surface area contributed by atoms with Crippen LogP contribution < -0.4 is 5.32 Å². The van der Waals surface area contributed by atoms with E-state index in [1.54, 1.807) is 12.2 Å². The Hall–Kier alpha value is -2.91. The molecule has 0 aliphatic heterocycles. The van der Waals surface area contributed by atoms with Gasteiger partial charge in [0.1, 0.15) is 0 Å². The summed E-state index contributed by atoms with van der Waals surface area (Å²) in [6.45, 7) is 9.44. The third-order valence-corrected chi connectivity index (χ3v) is 5.04. The van der Waals surface area contributed by atoms with Gasteiger partial charge in [-0.05, 0) is 37.2 Å². The lowest BCUT2D eigenvalue weighted by Gasteiger charge is -2.44. The van der Waals surface area contributed by atoms with Crippen LogP contribution in [0.5, 0.6) is 0 Å². The average molecular weight is 384 g/mol. The van der Waals surface area contributed by atoms with Gasteiger partial charge in [-0.3, -0.25) is 5.32 Å². The number of aliphatic carboxylic acids is 2. The van der Waals surface area contributed by atoms with Gasteiger partial charge in [-0.25, -0.2) is 9.59 Å². The van der Waals surface area contributed by atoms with Crippen LogP contribution in [-0.4, -0.2) is 33.7 Å². The maximum absolute atomic E-state index is 11.6. The van der Waals surface area contributed by atoms with Crippen molar-refractivity contribution < 1.29 is 19.8 Å². The number of benzene rings is 1.